The highest BCUT2D eigenvalue weighted by Gasteiger charge is 2.26. The summed E-state index contributed by atoms with van der Waals surface area (Å²) < 4.78 is 0.537. The van der Waals surface area contributed by atoms with E-state index in [1.807, 2.05) is 0 Å². The Balaban J connectivity index is 2.56. The number of alkyl halides is 1. The summed E-state index contributed by atoms with van der Waals surface area (Å²) in [6.07, 6.45) is 3.80. The van der Waals surface area contributed by atoms with E-state index in [9.17, 15) is 0 Å². The number of allylic oxidation sites excluding steroid dienone is 1. The SMILES string of the molecule is C=C1CCC(C)(I)C1. The van der Waals surface area contributed by atoms with Gasteiger partial charge in [0.25, 0.3) is 0 Å². The van der Waals surface area contributed by atoms with Crippen LogP contribution in [-0.2, 0) is 0 Å². The van der Waals surface area contributed by atoms with Gasteiger partial charge >= 0.3 is 0 Å². The second-order valence-corrected chi connectivity index (χ2v) is 5.44. The summed E-state index contributed by atoms with van der Waals surface area (Å²) in [5.41, 5.74) is 1.43. The van der Waals surface area contributed by atoms with Crippen molar-refractivity contribution in [1.29, 1.82) is 0 Å². The Labute approximate surface area is 64.5 Å². The maximum absolute atomic E-state index is 3.94. The van der Waals surface area contributed by atoms with Crippen molar-refractivity contribution in [3.63, 3.8) is 0 Å². The standard InChI is InChI=1S/C7H11I/c1-6-3-4-7(2,8)5-6/h1,3-5H2,2H3. The van der Waals surface area contributed by atoms with Gasteiger partial charge in [-0.25, -0.2) is 0 Å². The Morgan fingerprint density at radius 3 is 2.50 bits per heavy atom. The van der Waals surface area contributed by atoms with E-state index in [1.54, 1.807) is 0 Å². The van der Waals surface area contributed by atoms with Gasteiger partial charge < -0.3 is 0 Å². The molecule has 0 aromatic rings. The fourth-order valence-electron chi connectivity index (χ4n) is 1.14. The van der Waals surface area contributed by atoms with Gasteiger partial charge in [-0.2, -0.15) is 0 Å². The summed E-state index contributed by atoms with van der Waals surface area (Å²) >= 11 is 2.52. The summed E-state index contributed by atoms with van der Waals surface area (Å²) in [6.45, 7) is 6.24. The monoisotopic (exact) mass is 222 g/mol. The molecule has 0 radical (unpaired) electrons. The summed E-state index contributed by atoms with van der Waals surface area (Å²) in [6, 6.07) is 0. The number of rotatable bonds is 0. The lowest BCUT2D eigenvalue weighted by atomic mass is 10.1. The Bertz CT molecular complexity index is 114. The third-order valence-electron chi connectivity index (χ3n) is 1.62. The minimum Gasteiger partial charge on any atom is -0.0998 e. The molecule has 0 saturated heterocycles. The molecule has 0 bridgehead atoms. The predicted octanol–water partition coefficient (Wildman–Crippen LogP) is 2.92. The average Bonchev–Trinajstić information content (AvgIpc) is 1.82. The number of hydrogen-bond donors (Lipinski definition) is 0. The zero-order chi connectivity index (χ0) is 6.20. The molecule has 0 amide bonds. The second kappa shape index (κ2) is 2.01. The molecule has 0 aromatic carbocycles. The molecule has 0 nitrogen and oxygen atoms in total. The zero-order valence-corrected chi connectivity index (χ0v) is 7.36. The molecule has 1 aliphatic rings. The molecular formula is C7H11I. The van der Waals surface area contributed by atoms with Crippen LogP contribution in [0.3, 0.4) is 0 Å². The molecular weight excluding hydrogens is 211 g/mol. The van der Waals surface area contributed by atoms with Gasteiger partial charge in [0.15, 0.2) is 0 Å². The molecule has 0 aromatic heterocycles. The first-order valence-electron chi connectivity index (χ1n) is 2.96. The van der Waals surface area contributed by atoms with Gasteiger partial charge in [-0.1, -0.05) is 41.7 Å². The normalized spacial score (nSPS) is 38.5. The molecule has 1 fully saturated rings. The highest BCUT2D eigenvalue weighted by atomic mass is 127. The van der Waals surface area contributed by atoms with Crippen molar-refractivity contribution in [3.8, 4) is 0 Å². The maximum Gasteiger partial charge on any atom is 0.0234 e. The molecule has 0 spiro atoms. The van der Waals surface area contributed by atoms with Crippen molar-refractivity contribution in [2.45, 2.75) is 29.6 Å². The Hall–Kier alpha value is 0.470. The third kappa shape index (κ3) is 1.47. The van der Waals surface area contributed by atoms with Crippen molar-refractivity contribution in [2.75, 3.05) is 0 Å². The van der Waals surface area contributed by atoms with E-state index in [2.05, 4.69) is 36.1 Å². The molecule has 0 heterocycles. The molecule has 1 atom stereocenters. The van der Waals surface area contributed by atoms with Gasteiger partial charge in [-0.15, -0.1) is 0 Å². The van der Waals surface area contributed by atoms with Gasteiger partial charge in [-0.3, -0.25) is 0 Å². The molecule has 1 heteroatoms. The van der Waals surface area contributed by atoms with Crippen LogP contribution in [0.2, 0.25) is 0 Å². The van der Waals surface area contributed by atoms with E-state index in [0.29, 0.717) is 3.42 Å². The van der Waals surface area contributed by atoms with E-state index in [1.165, 1.54) is 24.8 Å². The largest absolute Gasteiger partial charge is 0.0998 e. The van der Waals surface area contributed by atoms with E-state index in [-0.39, 0.29) is 0 Å². The number of halogens is 1. The van der Waals surface area contributed by atoms with Crippen LogP contribution in [0.4, 0.5) is 0 Å². The minimum atomic E-state index is 0.537. The van der Waals surface area contributed by atoms with Crippen molar-refractivity contribution < 1.29 is 0 Å². The van der Waals surface area contributed by atoms with Crippen molar-refractivity contribution >= 4 is 22.6 Å². The van der Waals surface area contributed by atoms with E-state index < -0.39 is 0 Å². The van der Waals surface area contributed by atoms with E-state index in [0.717, 1.165) is 0 Å². The maximum atomic E-state index is 3.94. The van der Waals surface area contributed by atoms with Crippen LogP contribution in [0.5, 0.6) is 0 Å². The van der Waals surface area contributed by atoms with Crippen LogP contribution >= 0.6 is 22.6 Å². The fourth-order valence-corrected chi connectivity index (χ4v) is 1.94. The first-order chi connectivity index (χ1) is 3.60. The van der Waals surface area contributed by atoms with E-state index >= 15 is 0 Å². The predicted molar refractivity (Wildman–Crippen MR) is 45.4 cm³/mol. The van der Waals surface area contributed by atoms with Crippen LogP contribution in [0.1, 0.15) is 26.2 Å². The van der Waals surface area contributed by atoms with Gasteiger partial charge in [-0.05, 0) is 19.3 Å². The van der Waals surface area contributed by atoms with Crippen molar-refractivity contribution in [3.05, 3.63) is 12.2 Å². The highest BCUT2D eigenvalue weighted by molar-refractivity contribution is 14.1. The zero-order valence-electron chi connectivity index (χ0n) is 5.21. The van der Waals surface area contributed by atoms with Gasteiger partial charge in [0.1, 0.15) is 0 Å². The molecule has 1 unspecified atom stereocenters. The summed E-state index contributed by atoms with van der Waals surface area (Å²) in [7, 11) is 0. The molecule has 0 N–H and O–H groups in total. The van der Waals surface area contributed by atoms with Crippen molar-refractivity contribution in [2.24, 2.45) is 0 Å². The second-order valence-electron chi connectivity index (χ2n) is 2.84. The van der Waals surface area contributed by atoms with Gasteiger partial charge in [0.2, 0.25) is 0 Å². The average molecular weight is 222 g/mol. The first-order valence-corrected chi connectivity index (χ1v) is 4.04. The Morgan fingerprint density at radius 1 is 1.75 bits per heavy atom. The minimum absolute atomic E-state index is 0.537. The topological polar surface area (TPSA) is 0 Å². The smallest absolute Gasteiger partial charge is 0.0234 e. The number of hydrogen-bond acceptors (Lipinski definition) is 0. The molecule has 1 saturated carbocycles. The summed E-state index contributed by atoms with van der Waals surface area (Å²) in [5.74, 6) is 0. The van der Waals surface area contributed by atoms with Gasteiger partial charge in [0.05, 0.1) is 0 Å². The van der Waals surface area contributed by atoms with Crippen molar-refractivity contribution in [1.82, 2.24) is 0 Å². The van der Waals surface area contributed by atoms with Gasteiger partial charge in [0, 0.05) is 3.42 Å². The fraction of sp³-hybridized carbons (Fsp3) is 0.714. The lowest BCUT2D eigenvalue weighted by Gasteiger charge is -2.11. The van der Waals surface area contributed by atoms with Crippen LogP contribution in [-0.4, -0.2) is 3.42 Å². The lowest BCUT2D eigenvalue weighted by molar-refractivity contribution is 0.716. The van der Waals surface area contributed by atoms with E-state index in [4.69, 9.17) is 0 Å². The molecule has 1 rings (SSSR count). The van der Waals surface area contributed by atoms with Crippen LogP contribution in [0.15, 0.2) is 12.2 Å². The lowest BCUT2D eigenvalue weighted by Crippen LogP contribution is -2.06. The van der Waals surface area contributed by atoms with Crippen LogP contribution in [0, 0.1) is 0 Å². The highest BCUT2D eigenvalue weighted by Crippen LogP contribution is 2.39. The summed E-state index contributed by atoms with van der Waals surface area (Å²) in [4.78, 5) is 0. The molecule has 8 heavy (non-hydrogen) atoms. The quantitative estimate of drug-likeness (QED) is 0.336. The van der Waals surface area contributed by atoms with Crippen LogP contribution < -0.4 is 0 Å². The molecule has 1 aliphatic carbocycles. The molecule has 0 aliphatic heterocycles. The Kier molecular flexibility index (Phi) is 1.66. The summed E-state index contributed by atoms with van der Waals surface area (Å²) in [5, 5.41) is 0. The molecule has 46 valence electrons. The first kappa shape index (κ1) is 6.59. The Morgan fingerprint density at radius 2 is 2.38 bits per heavy atom. The third-order valence-corrected chi connectivity index (χ3v) is 2.54. The van der Waals surface area contributed by atoms with Crippen LogP contribution in [0.25, 0.3) is 0 Å².